The van der Waals surface area contributed by atoms with Crippen LogP contribution in [0.3, 0.4) is 0 Å². The summed E-state index contributed by atoms with van der Waals surface area (Å²) in [7, 11) is 2.10. The first-order valence-corrected chi connectivity index (χ1v) is 4.83. The van der Waals surface area contributed by atoms with Crippen molar-refractivity contribution < 1.29 is 9.84 Å². The fourth-order valence-corrected chi connectivity index (χ4v) is 2.53. The summed E-state index contributed by atoms with van der Waals surface area (Å²) in [6.07, 6.45) is 0. The Morgan fingerprint density at radius 2 is 2.00 bits per heavy atom. The lowest BCUT2D eigenvalue weighted by Gasteiger charge is -2.52. The van der Waals surface area contributed by atoms with Gasteiger partial charge < -0.3 is 20.5 Å². The van der Waals surface area contributed by atoms with Crippen molar-refractivity contribution in [3.8, 4) is 0 Å². The number of likely N-dealkylation sites (tertiary alicyclic amines) is 1. The Bertz CT molecular complexity index is 184. The largest absolute Gasteiger partial charge is 0.394 e. The topological polar surface area (TPSA) is 58.7 Å². The molecular weight excluding hydrogens is 168 g/mol. The van der Waals surface area contributed by atoms with Crippen molar-refractivity contribution in [1.29, 1.82) is 0 Å². The highest BCUT2D eigenvalue weighted by molar-refractivity contribution is 5.04. The van der Waals surface area contributed by atoms with E-state index in [4.69, 9.17) is 10.5 Å². The SMILES string of the molecule is CN1CC2COCC(C1)C2(N)CO. The summed E-state index contributed by atoms with van der Waals surface area (Å²) in [5.74, 6) is 0.574. The predicted molar refractivity (Wildman–Crippen MR) is 49.3 cm³/mol. The maximum Gasteiger partial charge on any atom is 0.0619 e. The van der Waals surface area contributed by atoms with E-state index >= 15 is 0 Å². The second-order valence-electron chi connectivity index (χ2n) is 4.42. The van der Waals surface area contributed by atoms with Gasteiger partial charge in [-0.15, -0.1) is 0 Å². The molecule has 0 aromatic rings. The van der Waals surface area contributed by atoms with E-state index in [1.807, 2.05) is 0 Å². The molecule has 0 saturated carbocycles. The first-order chi connectivity index (χ1) is 6.16. The normalized spacial score (nSPS) is 46.4. The molecule has 2 saturated heterocycles. The van der Waals surface area contributed by atoms with Gasteiger partial charge in [0.2, 0.25) is 0 Å². The van der Waals surface area contributed by atoms with E-state index < -0.39 is 5.54 Å². The van der Waals surface area contributed by atoms with Crippen LogP contribution in [0.25, 0.3) is 0 Å². The second kappa shape index (κ2) is 3.20. The van der Waals surface area contributed by atoms with Gasteiger partial charge >= 0.3 is 0 Å². The quantitative estimate of drug-likeness (QED) is 0.545. The maximum absolute atomic E-state index is 9.34. The molecule has 0 amide bonds. The number of ether oxygens (including phenoxy) is 1. The minimum absolute atomic E-state index is 0.0829. The molecule has 4 heteroatoms. The molecule has 2 bridgehead atoms. The van der Waals surface area contributed by atoms with E-state index in [0.29, 0.717) is 13.2 Å². The van der Waals surface area contributed by atoms with Crippen molar-refractivity contribution in [2.45, 2.75) is 5.54 Å². The summed E-state index contributed by atoms with van der Waals surface area (Å²) in [5, 5.41) is 9.34. The summed E-state index contributed by atoms with van der Waals surface area (Å²) in [4.78, 5) is 2.28. The molecule has 76 valence electrons. The summed E-state index contributed by atoms with van der Waals surface area (Å²) < 4.78 is 5.46. The monoisotopic (exact) mass is 186 g/mol. The van der Waals surface area contributed by atoms with Crippen molar-refractivity contribution in [2.75, 3.05) is 40.0 Å². The molecule has 0 aromatic carbocycles. The van der Waals surface area contributed by atoms with Crippen molar-refractivity contribution in [1.82, 2.24) is 4.90 Å². The zero-order valence-electron chi connectivity index (χ0n) is 8.07. The molecular formula is C9H18N2O2. The Kier molecular flexibility index (Phi) is 2.32. The highest BCUT2D eigenvalue weighted by Gasteiger charge is 2.48. The van der Waals surface area contributed by atoms with Gasteiger partial charge in [-0.2, -0.15) is 0 Å². The van der Waals surface area contributed by atoms with Crippen LogP contribution < -0.4 is 5.73 Å². The number of rotatable bonds is 1. The molecule has 2 aliphatic rings. The standard InChI is InChI=1S/C9H18N2O2/c1-11-2-7-4-13-5-8(3-11)9(7,10)6-12/h7-8,12H,2-6,10H2,1H3. The number of hydrogen-bond acceptors (Lipinski definition) is 4. The molecule has 4 nitrogen and oxygen atoms in total. The molecule has 2 unspecified atom stereocenters. The lowest BCUT2D eigenvalue weighted by atomic mass is 9.71. The number of hydrogen-bond donors (Lipinski definition) is 2. The predicted octanol–water partition coefficient (Wildman–Crippen LogP) is -1.12. The van der Waals surface area contributed by atoms with Gasteiger partial charge in [0.05, 0.1) is 25.4 Å². The number of fused-ring (bicyclic) bond motifs is 2. The summed E-state index contributed by atoms with van der Waals surface area (Å²) in [6, 6.07) is 0. The van der Waals surface area contributed by atoms with Crippen LogP contribution >= 0.6 is 0 Å². The van der Waals surface area contributed by atoms with Gasteiger partial charge in [0, 0.05) is 24.9 Å². The molecule has 0 spiro atoms. The van der Waals surface area contributed by atoms with E-state index in [9.17, 15) is 5.11 Å². The number of nitrogens with zero attached hydrogens (tertiary/aromatic N) is 1. The van der Waals surface area contributed by atoms with Crippen LogP contribution in [0.2, 0.25) is 0 Å². The van der Waals surface area contributed by atoms with Crippen molar-refractivity contribution in [2.24, 2.45) is 17.6 Å². The number of piperidine rings is 1. The molecule has 0 aromatic heterocycles. The van der Waals surface area contributed by atoms with Gasteiger partial charge in [-0.25, -0.2) is 0 Å². The first kappa shape index (κ1) is 9.40. The average Bonchev–Trinajstić information content (AvgIpc) is 2.08. The summed E-state index contributed by atoms with van der Waals surface area (Å²) in [5.41, 5.74) is 5.82. The first-order valence-electron chi connectivity index (χ1n) is 4.83. The van der Waals surface area contributed by atoms with E-state index in [0.717, 1.165) is 13.1 Å². The number of nitrogens with two attached hydrogens (primary N) is 1. The summed E-state index contributed by atoms with van der Waals surface area (Å²) in [6.45, 7) is 3.34. The molecule has 0 aliphatic carbocycles. The minimum atomic E-state index is -0.398. The highest BCUT2D eigenvalue weighted by atomic mass is 16.5. The lowest BCUT2D eigenvalue weighted by Crippen LogP contribution is -2.69. The zero-order chi connectivity index (χ0) is 9.47. The Balaban J connectivity index is 2.19. The molecule has 0 radical (unpaired) electrons. The third-order valence-corrected chi connectivity index (χ3v) is 3.50. The third kappa shape index (κ3) is 1.38. The number of aliphatic hydroxyl groups excluding tert-OH is 1. The van der Waals surface area contributed by atoms with Crippen LogP contribution in [0.5, 0.6) is 0 Å². The Morgan fingerprint density at radius 1 is 1.46 bits per heavy atom. The Morgan fingerprint density at radius 3 is 2.46 bits per heavy atom. The fourth-order valence-electron chi connectivity index (χ4n) is 2.53. The van der Waals surface area contributed by atoms with E-state index in [1.54, 1.807) is 0 Å². The van der Waals surface area contributed by atoms with Gasteiger partial charge in [-0.1, -0.05) is 0 Å². The van der Waals surface area contributed by atoms with Crippen molar-refractivity contribution in [3.63, 3.8) is 0 Å². The van der Waals surface area contributed by atoms with Crippen LogP contribution in [-0.4, -0.2) is 55.5 Å². The van der Waals surface area contributed by atoms with Crippen LogP contribution in [-0.2, 0) is 4.74 Å². The molecule has 3 N–H and O–H groups in total. The molecule has 2 atom stereocenters. The van der Waals surface area contributed by atoms with E-state index in [2.05, 4.69) is 11.9 Å². The Hall–Kier alpha value is -0.160. The minimum Gasteiger partial charge on any atom is -0.394 e. The Labute approximate surface area is 78.7 Å². The van der Waals surface area contributed by atoms with Gasteiger partial charge in [-0.3, -0.25) is 0 Å². The van der Waals surface area contributed by atoms with Crippen LogP contribution in [0.15, 0.2) is 0 Å². The van der Waals surface area contributed by atoms with E-state index in [-0.39, 0.29) is 18.4 Å². The van der Waals surface area contributed by atoms with Crippen LogP contribution in [0.4, 0.5) is 0 Å². The van der Waals surface area contributed by atoms with Crippen LogP contribution in [0, 0.1) is 11.8 Å². The van der Waals surface area contributed by atoms with Gasteiger partial charge in [0.25, 0.3) is 0 Å². The lowest BCUT2D eigenvalue weighted by molar-refractivity contribution is -0.107. The van der Waals surface area contributed by atoms with E-state index in [1.165, 1.54) is 0 Å². The maximum atomic E-state index is 9.34. The summed E-state index contributed by atoms with van der Waals surface area (Å²) >= 11 is 0. The van der Waals surface area contributed by atoms with Crippen molar-refractivity contribution in [3.05, 3.63) is 0 Å². The molecule has 13 heavy (non-hydrogen) atoms. The highest BCUT2D eigenvalue weighted by Crippen LogP contribution is 2.34. The van der Waals surface area contributed by atoms with Crippen LogP contribution in [0.1, 0.15) is 0 Å². The van der Waals surface area contributed by atoms with Gasteiger partial charge in [0.1, 0.15) is 0 Å². The van der Waals surface area contributed by atoms with Gasteiger partial charge in [-0.05, 0) is 7.05 Å². The second-order valence-corrected chi connectivity index (χ2v) is 4.42. The molecule has 2 rings (SSSR count). The molecule has 2 aliphatic heterocycles. The number of aliphatic hydroxyl groups is 1. The molecule has 2 heterocycles. The average molecular weight is 186 g/mol. The fraction of sp³-hybridized carbons (Fsp3) is 1.00. The zero-order valence-corrected chi connectivity index (χ0v) is 8.07. The molecule has 2 fully saturated rings. The third-order valence-electron chi connectivity index (χ3n) is 3.50. The van der Waals surface area contributed by atoms with Crippen molar-refractivity contribution >= 4 is 0 Å². The van der Waals surface area contributed by atoms with Gasteiger partial charge in [0.15, 0.2) is 0 Å². The smallest absolute Gasteiger partial charge is 0.0619 e.